The van der Waals surface area contributed by atoms with E-state index in [1.165, 1.54) is 4.68 Å². The first-order chi connectivity index (χ1) is 9.40. The van der Waals surface area contributed by atoms with Crippen LogP contribution in [0.5, 0.6) is 0 Å². The van der Waals surface area contributed by atoms with Gasteiger partial charge in [0.1, 0.15) is 5.82 Å². The Morgan fingerprint density at radius 1 is 1.30 bits per heavy atom. The van der Waals surface area contributed by atoms with E-state index in [2.05, 4.69) is 5.10 Å². The second kappa shape index (κ2) is 5.32. The molecule has 2 N–H and O–H groups in total. The van der Waals surface area contributed by atoms with Crippen molar-refractivity contribution in [1.29, 1.82) is 0 Å². The summed E-state index contributed by atoms with van der Waals surface area (Å²) in [4.78, 5) is 23.2. The molecule has 0 radical (unpaired) electrons. The molecule has 1 amide bonds. The fourth-order valence-electron chi connectivity index (χ4n) is 1.99. The van der Waals surface area contributed by atoms with Crippen LogP contribution in [0.3, 0.4) is 0 Å². The van der Waals surface area contributed by atoms with Gasteiger partial charge in [-0.25, -0.2) is 9.48 Å². The Balaban J connectivity index is 2.30. The normalized spacial score (nSPS) is 11.0. The molecule has 0 aliphatic carbocycles. The quantitative estimate of drug-likeness (QED) is 0.905. The third kappa shape index (κ3) is 2.64. The molecule has 0 aliphatic rings. The summed E-state index contributed by atoms with van der Waals surface area (Å²) in [5, 5.41) is 4.24. The van der Waals surface area contributed by atoms with Crippen LogP contribution in [-0.2, 0) is 6.54 Å². The minimum atomic E-state index is -0.461. The molecule has 1 heterocycles. The van der Waals surface area contributed by atoms with Crippen molar-refractivity contribution < 1.29 is 4.79 Å². The van der Waals surface area contributed by atoms with Gasteiger partial charge in [-0.15, -0.1) is 0 Å². The summed E-state index contributed by atoms with van der Waals surface area (Å²) in [7, 11) is 0. The zero-order valence-corrected chi connectivity index (χ0v) is 11.8. The number of benzene rings is 1. The number of aromatic nitrogens is 3. The molecule has 20 heavy (non-hydrogen) atoms. The Morgan fingerprint density at radius 2 is 1.90 bits per heavy atom. The van der Waals surface area contributed by atoms with Crippen LogP contribution in [0.2, 0.25) is 0 Å². The third-order valence-electron chi connectivity index (χ3n) is 3.14. The maximum absolute atomic E-state index is 12.2. The maximum atomic E-state index is 12.2. The molecule has 2 rings (SSSR count). The van der Waals surface area contributed by atoms with Crippen molar-refractivity contribution in [3.8, 4) is 0 Å². The van der Waals surface area contributed by atoms with Crippen molar-refractivity contribution >= 4 is 5.91 Å². The highest BCUT2D eigenvalue weighted by Crippen LogP contribution is 2.07. The van der Waals surface area contributed by atoms with E-state index < -0.39 is 5.91 Å². The van der Waals surface area contributed by atoms with Crippen LogP contribution in [0, 0.1) is 6.92 Å². The highest BCUT2D eigenvalue weighted by molar-refractivity contribution is 5.92. The van der Waals surface area contributed by atoms with Crippen molar-refractivity contribution in [2.45, 2.75) is 33.4 Å². The molecule has 6 nitrogen and oxygen atoms in total. The number of carbonyl (C=O) groups is 1. The van der Waals surface area contributed by atoms with Gasteiger partial charge in [-0.3, -0.25) is 9.36 Å². The first-order valence-electron chi connectivity index (χ1n) is 6.45. The van der Waals surface area contributed by atoms with Gasteiger partial charge in [-0.1, -0.05) is 12.1 Å². The molecule has 106 valence electrons. The first-order valence-corrected chi connectivity index (χ1v) is 6.45. The number of nitrogens with zero attached hydrogens (tertiary/aromatic N) is 3. The number of carbonyl (C=O) groups excluding carboxylic acids is 1. The van der Waals surface area contributed by atoms with E-state index in [-0.39, 0.29) is 11.7 Å². The summed E-state index contributed by atoms with van der Waals surface area (Å²) in [6.45, 7) is 6.06. The predicted molar refractivity (Wildman–Crippen MR) is 75.7 cm³/mol. The van der Waals surface area contributed by atoms with Crippen LogP contribution < -0.4 is 11.4 Å². The fourth-order valence-corrected chi connectivity index (χ4v) is 1.99. The topological polar surface area (TPSA) is 82.9 Å². The van der Waals surface area contributed by atoms with E-state index in [4.69, 9.17) is 5.73 Å². The van der Waals surface area contributed by atoms with Gasteiger partial charge in [0.2, 0.25) is 5.91 Å². The highest BCUT2D eigenvalue weighted by atomic mass is 16.2. The number of rotatable bonds is 4. The molecule has 0 spiro atoms. The van der Waals surface area contributed by atoms with Gasteiger partial charge in [0.05, 0.1) is 12.6 Å². The lowest BCUT2D eigenvalue weighted by atomic mass is 10.1. The molecule has 6 heteroatoms. The van der Waals surface area contributed by atoms with E-state index in [1.807, 2.05) is 13.8 Å². The van der Waals surface area contributed by atoms with Gasteiger partial charge >= 0.3 is 5.69 Å². The lowest BCUT2D eigenvalue weighted by Crippen LogP contribution is -2.26. The molecule has 2 aromatic rings. The van der Waals surface area contributed by atoms with Gasteiger partial charge in [0.25, 0.3) is 0 Å². The molecule has 0 saturated carbocycles. The molecule has 0 fully saturated rings. The zero-order valence-electron chi connectivity index (χ0n) is 11.8. The van der Waals surface area contributed by atoms with E-state index in [0.717, 1.165) is 5.56 Å². The van der Waals surface area contributed by atoms with Gasteiger partial charge in [-0.05, 0) is 38.5 Å². The van der Waals surface area contributed by atoms with E-state index in [1.54, 1.807) is 35.8 Å². The molecule has 1 aromatic carbocycles. The number of primary amides is 1. The van der Waals surface area contributed by atoms with Crippen LogP contribution >= 0.6 is 0 Å². The van der Waals surface area contributed by atoms with Crippen molar-refractivity contribution in [3.05, 3.63) is 51.7 Å². The summed E-state index contributed by atoms with van der Waals surface area (Å²) >= 11 is 0. The van der Waals surface area contributed by atoms with Crippen LogP contribution in [0.15, 0.2) is 29.1 Å². The number of nitrogens with two attached hydrogens (primary N) is 1. The van der Waals surface area contributed by atoms with E-state index in [9.17, 15) is 9.59 Å². The zero-order chi connectivity index (χ0) is 14.9. The van der Waals surface area contributed by atoms with Crippen molar-refractivity contribution in [3.63, 3.8) is 0 Å². The number of aryl methyl sites for hydroxylation is 1. The minimum Gasteiger partial charge on any atom is -0.366 e. The second-order valence-corrected chi connectivity index (χ2v) is 5.02. The number of amides is 1. The standard InChI is InChI=1S/C14H18N4O2/c1-9(2)18-14(20)17(10(3)16-18)8-11-4-6-12(7-5-11)13(15)19/h4-7,9H,8H2,1-3H3,(H2,15,19). The van der Waals surface area contributed by atoms with Crippen LogP contribution in [0.4, 0.5) is 0 Å². The summed E-state index contributed by atoms with van der Waals surface area (Å²) in [6.07, 6.45) is 0. The van der Waals surface area contributed by atoms with Gasteiger partial charge in [0, 0.05) is 5.56 Å². The smallest absolute Gasteiger partial charge is 0.346 e. The first kappa shape index (κ1) is 14.0. The molecule has 0 unspecified atom stereocenters. The Hall–Kier alpha value is -2.37. The van der Waals surface area contributed by atoms with Crippen LogP contribution in [0.1, 0.15) is 41.6 Å². The van der Waals surface area contributed by atoms with Crippen molar-refractivity contribution in [1.82, 2.24) is 14.3 Å². The van der Waals surface area contributed by atoms with E-state index >= 15 is 0 Å². The lowest BCUT2D eigenvalue weighted by Gasteiger charge is -2.04. The fraction of sp³-hybridized carbons (Fsp3) is 0.357. The maximum Gasteiger partial charge on any atom is 0.346 e. The molecular weight excluding hydrogens is 256 g/mol. The molecule has 0 atom stereocenters. The Labute approximate surface area is 116 Å². The van der Waals surface area contributed by atoms with Crippen LogP contribution in [0.25, 0.3) is 0 Å². The monoisotopic (exact) mass is 274 g/mol. The minimum absolute atomic E-state index is 0.0275. The summed E-state index contributed by atoms with van der Waals surface area (Å²) in [6, 6.07) is 6.92. The average molecular weight is 274 g/mol. The third-order valence-corrected chi connectivity index (χ3v) is 3.14. The summed E-state index contributed by atoms with van der Waals surface area (Å²) in [5.41, 5.74) is 6.44. The number of hydrogen-bond acceptors (Lipinski definition) is 3. The molecule has 0 aliphatic heterocycles. The Morgan fingerprint density at radius 3 is 2.35 bits per heavy atom. The van der Waals surface area contributed by atoms with Gasteiger partial charge in [-0.2, -0.15) is 5.10 Å². The molecular formula is C14H18N4O2. The predicted octanol–water partition coefficient (Wildman–Crippen LogP) is 1.08. The Bertz CT molecular complexity index is 680. The van der Waals surface area contributed by atoms with Gasteiger partial charge < -0.3 is 5.73 Å². The van der Waals surface area contributed by atoms with Gasteiger partial charge in [0.15, 0.2) is 0 Å². The molecule has 1 aromatic heterocycles. The van der Waals surface area contributed by atoms with Crippen LogP contribution in [-0.4, -0.2) is 20.3 Å². The highest BCUT2D eigenvalue weighted by Gasteiger charge is 2.12. The number of hydrogen-bond donors (Lipinski definition) is 1. The molecule has 0 saturated heterocycles. The second-order valence-electron chi connectivity index (χ2n) is 5.02. The van der Waals surface area contributed by atoms with Crippen molar-refractivity contribution in [2.75, 3.05) is 0 Å². The SMILES string of the molecule is Cc1nn(C(C)C)c(=O)n1Cc1ccc(C(N)=O)cc1. The summed E-state index contributed by atoms with van der Waals surface area (Å²) in [5.74, 6) is 0.209. The largest absolute Gasteiger partial charge is 0.366 e. The lowest BCUT2D eigenvalue weighted by molar-refractivity contribution is 0.100. The van der Waals surface area contributed by atoms with Crippen molar-refractivity contribution in [2.24, 2.45) is 5.73 Å². The Kier molecular flexibility index (Phi) is 3.74. The average Bonchev–Trinajstić information content (AvgIpc) is 2.67. The van der Waals surface area contributed by atoms with E-state index in [0.29, 0.717) is 17.9 Å². The summed E-state index contributed by atoms with van der Waals surface area (Å²) < 4.78 is 3.08. The molecule has 0 bridgehead atoms.